The summed E-state index contributed by atoms with van der Waals surface area (Å²) >= 11 is 0. The van der Waals surface area contributed by atoms with Crippen molar-refractivity contribution >= 4 is 17.8 Å². The highest BCUT2D eigenvalue weighted by Gasteiger charge is 2.60. The van der Waals surface area contributed by atoms with Crippen molar-refractivity contribution in [3.63, 3.8) is 0 Å². The minimum atomic E-state index is -1.32. The number of hydrogen-bond donors (Lipinski definition) is 4. The van der Waals surface area contributed by atoms with E-state index in [1.54, 1.807) is 24.2 Å². The van der Waals surface area contributed by atoms with Crippen LogP contribution < -0.4 is 16.0 Å². The number of allylic oxidation sites excluding steroid dienone is 3. The van der Waals surface area contributed by atoms with Gasteiger partial charge in [0.25, 0.3) is 5.91 Å². The number of carboxylic acids is 1. The van der Waals surface area contributed by atoms with Crippen molar-refractivity contribution in [2.75, 3.05) is 20.6 Å². The molecule has 6 atom stereocenters. The van der Waals surface area contributed by atoms with Gasteiger partial charge in [0, 0.05) is 31.7 Å². The molecule has 0 spiro atoms. The van der Waals surface area contributed by atoms with E-state index in [0.29, 0.717) is 42.2 Å². The zero-order chi connectivity index (χ0) is 33.5. The van der Waals surface area contributed by atoms with Crippen LogP contribution in [-0.2, 0) is 21.4 Å². The van der Waals surface area contributed by atoms with E-state index in [2.05, 4.69) is 55.4 Å². The first-order valence-electron chi connectivity index (χ1n) is 16.2. The number of benzene rings is 1. The van der Waals surface area contributed by atoms with Crippen LogP contribution in [0.5, 0.6) is 0 Å². The summed E-state index contributed by atoms with van der Waals surface area (Å²) in [7, 11) is 3.40. The maximum Gasteiger partial charge on any atom is 0.318 e. The molecule has 244 valence electrons. The topological polar surface area (TPSA) is 135 Å². The Bertz CT molecular complexity index is 1390. The lowest BCUT2D eigenvalue weighted by Crippen LogP contribution is -2.48. The van der Waals surface area contributed by atoms with Gasteiger partial charge in [-0.25, -0.2) is 0 Å². The highest BCUT2D eigenvalue weighted by Crippen LogP contribution is 2.53. The van der Waals surface area contributed by atoms with Crippen molar-refractivity contribution in [1.29, 1.82) is 5.26 Å². The third-order valence-corrected chi connectivity index (χ3v) is 9.84. The summed E-state index contributed by atoms with van der Waals surface area (Å²) in [4.78, 5) is 41.0. The molecule has 1 aliphatic heterocycles. The van der Waals surface area contributed by atoms with Crippen molar-refractivity contribution < 1.29 is 19.5 Å². The Morgan fingerprint density at radius 1 is 1.24 bits per heavy atom. The van der Waals surface area contributed by atoms with Gasteiger partial charge in [-0.1, -0.05) is 45.1 Å². The molecule has 4 rings (SSSR count). The molecule has 1 aromatic carbocycles. The Kier molecular flexibility index (Phi) is 12.2. The molecule has 2 amide bonds. The van der Waals surface area contributed by atoms with Gasteiger partial charge < -0.3 is 26.0 Å². The summed E-state index contributed by atoms with van der Waals surface area (Å²) in [5.41, 5.74) is 3.86. The van der Waals surface area contributed by atoms with Crippen LogP contribution in [0.4, 0.5) is 0 Å². The van der Waals surface area contributed by atoms with Gasteiger partial charge in [-0.2, -0.15) is 5.26 Å². The second-order valence-electron chi connectivity index (χ2n) is 12.5. The van der Waals surface area contributed by atoms with Crippen molar-refractivity contribution in [3.05, 3.63) is 70.5 Å². The number of nitriles is 1. The molecule has 1 heterocycles. The van der Waals surface area contributed by atoms with Crippen LogP contribution >= 0.6 is 0 Å². The van der Waals surface area contributed by atoms with Crippen LogP contribution in [0.25, 0.3) is 0 Å². The predicted octanol–water partition coefficient (Wildman–Crippen LogP) is 4.85. The van der Waals surface area contributed by atoms with Gasteiger partial charge in [-0.15, -0.1) is 0 Å². The van der Waals surface area contributed by atoms with E-state index >= 15 is 0 Å². The highest BCUT2D eigenvalue weighted by molar-refractivity contribution is 5.95. The maximum absolute atomic E-state index is 13.5. The number of carboxylic acid groups (broad SMARTS) is 1. The van der Waals surface area contributed by atoms with Crippen LogP contribution in [0, 0.1) is 23.2 Å². The van der Waals surface area contributed by atoms with Gasteiger partial charge in [0.2, 0.25) is 5.91 Å². The van der Waals surface area contributed by atoms with Crippen molar-refractivity contribution in [3.8, 4) is 6.07 Å². The Morgan fingerprint density at radius 3 is 2.49 bits per heavy atom. The third kappa shape index (κ3) is 7.33. The minimum Gasteiger partial charge on any atom is -0.480 e. The van der Waals surface area contributed by atoms with E-state index < -0.39 is 11.4 Å². The van der Waals surface area contributed by atoms with E-state index in [-0.39, 0.29) is 42.9 Å². The van der Waals surface area contributed by atoms with Crippen molar-refractivity contribution in [2.24, 2.45) is 11.8 Å². The Hall–Kier alpha value is -3.90. The lowest BCUT2D eigenvalue weighted by molar-refractivity contribution is -0.143. The highest BCUT2D eigenvalue weighted by atomic mass is 16.4. The van der Waals surface area contributed by atoms with Gasteiger partial charge in [0.05, 0.1) is 12.6 Å². The standard InChI is InChI=1S/C33H44N4O4.C3H7N/c1-7-19(3)13-22-9-10-23-14-24(31(39)35-6)11-12-28(23)33(32(40)41,27(22)8-2)16-20(4)36-18-29(38)37-25(17-34)15-26-21(5)30(26)37;1-3-4-2/h11-14,20-21,25-26,30,36H,7-10,15-16,18H2,1-6H3,(H,35,39)(H,40,41);3-4H,1H2,2H3/b19-13+;. The molecule has 4 N–H and O–H groups in total. The quantitative estimate of drug-likeness (QED) is 0.279. The lowest BCUT2D eigenvalue weighted by atomic mass is 9.67. The number of rotatable bonds is 11. The molecule has 0 aromatic heterocycles. The molecule has 9 nitrogen and oxygen atoms in total. The zero-order valence-electron chi connectivity index (χ0n) is 28.0. The summed E-state index contributed by atoms with van der Waals surface area (Å²) in [5, 5.41) is 29.3. The fourth-order valence-corrected chi connectivity index (χ4v) is 7.27. The summed E-state index contributed by atoms with van der Waals surface area (Å²) in [6, 6.07) is 7.10. The first-order chi connectivity index (χ1) is 21.4. The molecular weight excluding hydrogens is 566 g/mol. The molecule has 9 heteroatoms. The monoisotopic (exact) mass is 617 g/mol. The molecular formula is C36H51N5O4. The van der Waals surface area contributed by atoms with Crippen LogP contribution in [0.3, 0.4) is 0 Å². The van der Waals surface area contributed by atoms with E-state index in [0.717, 1.165) is 29.6 Å². The summed E-state index contributed by atoms with van der Waals surface area (Å²) < 4.78 is 0. The van der Waals surface area contributed by atoms with Gasteiger partial charge in [-0.05, 0) is 105 Å². The molecule has 6 unspecified atom stereocenters. The van der Waals surface area contributed by atoms with Crippen LogP contribution in [0.1, 0.15) is 88.2 Å². The average molecular weight is 618 g/mol. The summed E-state index contributed by atoms with van der Waals surface area (Å²) in [6.45, 7) is 13.6. The predicted molar refractivity (Wildman–Crippen MR) is 177 cm³/mol. The first kappa shape index (κ1) is 35.6. The fraction of sp³-hybridized carbons (Fsp3) is 0.556. The number of carbonyl (C=O) groups excluding carboxylic acids is 2. The van der Waals surface area contributed by atoms with Crippen LogP contribution in [0.15, 0.2) is 53.8 Å². The van der Waals surface area contributed by atoms with Gasteiger partial charge in [0.1, 0.15) is 11.5 Å². The molecule has 2 fully saturated rings. The number of nitrogens with one attached hydrogen (secondary N) is 3. The molecule has 2 aliphatic carbocycles. The van der Waals surface area contributed by atoms with Gasteiger partial charge >= 0.3 is 5.97 Å². The molecule has 0 radical (unpaired) electrons. The minimum absolute atomic E-state index is 0.0559. The van der Waals surface area contributed by atoms with Crippen molar-refractivity contribution in [1.82, 2.24) is 20.9 Å². The average Bonchev–Trinajstić information content (AvgIpc) is 3.51. The van der Waals surface area contributed by atoms with Crippen LogP contribution in [-0.4, -0.2) is 66.6 Å². The number of hydrogen-bond acceptors (Lipinski definition) is 6. The number of nitrogens with zero attached hydrogens (tertiary/aromatic N) is 2. The zero-order valence-corrected chi connectivity index (χ0v) is 28.0. The molecule has 1 saturated heterocycles. The van der Waals surface area contributed by atoms with E-state index in [1.165, 1.54) is 5.57 Å². The molecule has 3 aliphatic rings. The first-order valence-corrected chi connectivity index (χ1v) is 16.2. The van der Waals surface area contributed by atoms with Crippen molar-refractivity contribution in [2.45, 2.75) is 96.7 Å². The number of piperidine rings is 1. The second kappa shape index (κ2) is 15.4. The number of carbonyl (C=O) groups is 3. The summed E-state index contributed by atoms with van der Waals surface area (Å²) in [5.74, 6) is -0.400. The smallest absolute Gasteiger partial charge is 0.318 e. The van der Waals surface area contributed by atoms with Gasteiger partial charge in [0.15, 0.2) is 0 Å². The normalized spacial score (nSPS) is 25.8. The van der Waals surface area contributed by atoms with E-state index in [9.17, 15) is 24.8 Å². The Labute approximate surface area is 268 Å². The van der Waals surface area contributed by atoms with E-state index in [1.807, 2.05) is 33.0 Å². The van der Waals surface area contributed by atoms with Gasteiger partial charge in [-0.3, -0.25) is 14.4 Å². The van der Waals surface area contributed by atoms with Crippen LogP contribution in [0.2, 0.25) is 0 Å². The summed E-state index contributed by atoms with van der Waals surface area (Å²) in [6.07, 6.45) is 7.51. The largest absolute Gasteiger partial charge is 0.480 e. The fourth-order valence-electron chi connectivity index (χ4n) is 7.27. The Balaban J connectivity index is 0.00000130. The maximum atomic E-state index is 13.5. The lowest BCUT2D eigenvalue weighted by Gasteiger charge is -2.37. The molecule has 0 bridgehead atoms. The number of aryl methyl sites for hydroxylation is 1. The number of likely N-dealkylation sites (tertiary alicyclic amines) is 1. The molecule has 1 saturated carbocycles. The third-order valence-electron chi connectivity index (χ3n) is 9.84. The van der Waals surface area contributed by atoms with E-state index in [4.69, 9.17) is 0 Å². The molecule has 45 heavy (non-hydrogen) atoms. The second-order valence-corrected chi connectivity index (χ2v) is 12.5. The number of aliphatic carboxylic acids is 1. The SMILES string of the molecule is C=CNC.CCC1=C(/C=C(\C)CC)CCc2cc(C(=O)NC)ccc2C1(CC(C)NCC(=O)N1C(C#N)CC2C(C)C21)C(=O)O. The number of fused-ring (bicyclic) bond motifs is 2. The number of amides is 2. The Morgan fingerprint density at radius 2 is 1.93 bits per heavy atom. The molecule has 1 aromatic rings.